The Balaban J connectivity index is 4.22. The van der Waals surface area contributed by atoms with Crippen molar-refractivity contribution in [2.75, 3.05) is 0 Å². The van der Waals surface area contributed by atoms with Crippen LogP contribution in [0.15, 0.2) is 0 Å². The Kier molecular flexibility index (Phi) is 5.53. The zero-order valence-electron chi connectivity index (χ0n) is 8.17. The second kappa shape index (κ2) is 6.38. The van der Waals surface area contributed by atoms with Crippen molar-refractivity contribution in [1.82, 2.24) is 5.32 Å². The van der Waals surface area contributed by atoms with E-state index in [9.17, 15) is 19.2 Å². The first kappa shape index (κ1) is 13.9. The lowest BCUT2D eigenvalue weighted by atomic mass is 10.1. The molecule has 0 rings (SSSR count). The molecule has 0 fully saturated rings. The molecule has 0 aliphatic carbocycles. The average Bonchev–Trinajstić information content (AvgIpc) is 2.09. The van der Waals surface area contributed by atoms with E-state index in [1.54, 1.807) is 0 Å². The Labute approximate surface area is 89.9 Å². The van der Waals surface area contributed by atoms with Gasteiger partial charge >= 0.3 is 17.9 Å². The van der Waals surface area contributed by atoms with Crippen molar-refractivity contribution in [3.63, 3.8) is 0 Å². The predicted molar refractivity (Wildman–Crippen MR) is 48.7 cm³/mol. The molecule has 8 nitrogen and oxygen atoms in total. The van der Waals surface area contributed by atoms with Crippen molar-refractivity contribution in [2.45, 2.75) is 25.3 Å². The molecule has 0 saturated carbocycles. The molecule has 8 heteroatoms. The van der Waals surface area contributed by atoms with E-state index in [4.69, 9.17) is 15.3 Å². The highest BCUT2D eigenvalue weighted by Crippen LogP contribution is 1.98. The molecule has 0 spiro atoms. The molecule has 0 saturated heterocycles. The maximum Gasteiger partial charge on any atom is 0.326 e. The minimum absolute atomic E-state index is 0.296. The first-order valence-corrected chi connectivity index (χ1v) is 4.28. The third-order valence-corrected chi connectivity index (χ3v) is 1.59. The summed E-state index contributed by atoms with van der Waals surface area (Å²) in [7, 11) is 0. The third-order valence-electron chi connectivity index (χ3n) is 1.59. The summed E-state index contributed by atoms with van der Waals surface area (Å²) in [5.74, 6) is -4.95. The van der Waals surface area contributed by atoms with Crippen molar-refractivity contribution >= 4 is 23.8 Å². The molecule has 1 atom stereocenters. The molecule has 0 aliphatic heterocycles. The number of hydrogen-bond acceptors (Lipinski definition) is 4. The van der Waals surface area contributed by atoms with E-state index in [0.717, 1.165) is 0 Å². The molecule has 90 valence electrons. The maximum atomic E-state index is 10.9. The van der Waals surface area contributed by atoms with Gasteiger partial charge in [0.2, 0.25) is 5.91 Å². The topological polar surface area (TPSA) is 141 Å². The van der Waals surface area contributed by atoms with Gasteiger partial charge < -0.3 is 20.6 Å². The summed E-state index contributed by atoms with van der Waals surface area (Å²) in [5, 5.41) is 27.1. The van der Waals surface area contributed by atoms with Gasteiger partial charge in [-0.15, -0.1) is 0 Å². The smallest absolute Gasteiger partial charge is 0.326 e. The third kappa shape index (κ3) is 6.35. The highest BCUT2D eigenvalue weighted by Gasteiger charge is 2.21. The molecular weight excluding hydrogens is 222 g/mol. The highest BCUT2D eigenvalue weighted by atomic mass is 16.4. The lowest BCUT2D eigenvalue weighted by Crippen LogP contribution is -2.41. The van der Waals surface area contributed by atoms with Crippen LogP contribution in [0, 0.1) is 0 Å². The summed E-state index contributed by atoms with van der Waals surface area (Å²) in [6.45, 7) is 0. The first-order valence-electron chi connectivity index (χ1n) is 4.28. The molecule has 0 aromatic carbocycles. The lowest BCUT2D eigenvalue weighted by molar-refractivity contribution is -0.146. The van der Waals surface area contributed by atoms with Gasteiger partial charge in [0.25, 0.3) is 0 Å². The van der Waals surface area contributed by atoms with Crippen LogP contribution in [0.1, 0.15) is 19.3 Å². The fourth-order valence-corrected chi connectivity index (χ4v) is 0.908. The van der Waals surface area contributed by atoms with Gasteiger partial charge in [-0.1, -0.05) is 0 Å². The SMILES string of the molecule is O=C(O)CC[C@H](NC(=O)CC(=O)O)C(=O)O. The molecule has 16 heavy (non-hydrogen) atoms. The molecule has 0 aliphatic rings. The quantitative estimate of drug-likeness (QED) is 0.408. The number of aliphatic carboxylic acids is 3. The van der Waals surface area contributed by atoms with Crippen LogP contribution in [0.2, 0.25) is 0 Å². The largest absolute Gasteiger partial charge is 0.481 e. The van der Waals surface area contributed by atoms with Gasteiger partial charge in [-0.3, -0.25) is 14.4 Å². The van der Waals surface area contributed by atoms with Gasteiger partial charge in [0, 0.05) is 6.42 Å². The molecule has 0 aromatic heterocycles. The molecular formula is C8H11NO7. The number of rotatable bonds is 7. The number of carbonyl (C=O) groups is 4. The van der Waals surface area contributed by atoms with Crippen LogP contribution in [0.25, 0.3) is 0 Å². The van der Waals surface area contributed by atoms with Gasteiger partial charge in [-0.25, -0.2) is 4.79 Å². The number of carboxylic acids is 3. The van der Waals surface area contributed by atoms with Gasteiger partial charge in [-0.05, 0) is 6.42 Å². The van der Waals surface area contributed by atoms with Crippen LogP contribution in [0.4, 0.5) is 0 Å². The summed E-state index contributed by atoms with van der Waals surface area (Å²) in [5.41, 5.74) is 0. The van der Waals surface area contributed by atoms with Crippen LogP contribution < -0.4 is 5.32 Å². The van der Waals surface area contributed by atoms with E-state index in [-0.39, 0.29) is 6.42 Å². The van der Waals surface area contributed by atoms with Gasteiger partial charge in [0.15, 0.2) is 0 Å². The van der Waals surface area contributed by atoms with E-state index < -0.39 is 42.7 Å². The highest BCUT2D eigenvalue weighted by molar-refractivity contribution is 5.95. The van der Waals surface area contributed by atoms with Crippen LogP contribution in [-0.4, -0.2) is 45.2 Å². The minimum atomic E-state index is -1.40. The molecule has 1 amide bonds. The summed E-state index contributed by atoms with van der Waals surface area (Å²) in [6.07, 6.45) is -1.57. The van der Waals surface area contributed by atoms with Gasteiger partial charge in [0.05, 0.1) is 0 Å². The maximum absolute atomic E-state index is 10.9. The van der Waals surface area contributed by atoms with Crippen LogP contribution in [0.3, 0.4) is 0 Å². The average molecular weight is 233 g/mol. The molecule has 4 N–H and O–H groups in total. The number of carboxylic acid groups (broad SMARTS) is 3. The van der Waals surface area contributed by atoms with Gasteiger partial charge in [-0.2, -0.15) is 0 Å². The fraction of sp³-hybridized carbons (Fsp3) is 0.500. The van der Waals surface area contributed by atoms with E-state index in [0.29, 0.717) is 0 Å². The zero-order valence-corrected chi connectivity index (χ0v) is 8.17. The van der Waals surface area contributed by atoms with Crippen molar-refractivity contribution in [2.24, 2.45) is 0 Å². The van der Waals surface area contributed by atoms with E-state index in [1.807, 2.05) is 5.32 Å². The summed E-state index contributed by atoms with van der Waals surface area (Å²) in [6, 6.07) is -1.39. The number of hydrogen-bond donors (Lipinski definition) is 4. The van der Waals surface area contributed by atoms with E-state index in [2.05, 4.69) is 0 Å². The Hall–Kier alpha value is -2.12. The number of amides is 1. The van der Waals surface area contributed by atoms with Gasteiger partial charge in [0.1, 0.15) is 12.5 Å². The second-order valence-electron chi connectivity index (χ2n) is 2.96. The van der Waals surface area contributed by atoms with Crippen LogP contribution in [-0.2, 0) is 19.2 Å². The minimum Gasteiger partial charge on any atom is -0.481 e. The Morgan fingerprint density at radius 2 is 1.56 bits per heavy atom. The lowest BCUT2D eigenvalue weighted by Gasteiger charge is -2.12. The molecule has 0 aromatic rings. The predicted octanol–water partition coefficient (Wildman–Crippen LogP) is -1.10. The number of nitrogens with one attached hydrogen (secondary N) is 1. The van der Waals surface area contributed by atoms with Crippen molar-refractivity contribution < 1.29 is 34.5 Å². The normalized spacial score (nSPS) is 11.5. The zero-order chi connectivity index (χ0) is 12.7. The van der Waals surface area contributed by atoms with Crippen molar-refractivity contribution in [1.29, 1.82) is 0 Å². The first-order chi connectivity index (χ1) is 7.32. The molecule has 0 heterocycles. The second-order valence-corrected chi connectivity index (χ2v) is 2.96. The van der Waals surface area contributed by atoms with Crippen molar-refractivity contribution in [3.05, 3.63) is 0 Å². The standard InChI is InChI=1S/C8H11NO7/c10-5(3-7(13)14)9-4(8(15)16)1-2-6(11)12/h4H,1-3H2,(H,9,10)(H,11,12)(H,13,14)(H,15,16)/t4-/m0/s1. The van der Waals surface area contributed by atoms with E-state index >= 15 is 0 Å². The Bertz CT molecular complexity index is 312. The molecule has 0 radical (unpaired) electrons. The number of carbonyl (C=O) groups excluding carboxylic acids is 1. The Morgan fingerprint density at radius 1 is 1.00 bits per heavy atom. The Morgan fingerprint density at radius 3 is 1.94 bits per heavy atom. The summed E-state index contributed by atoms with van der Waals surface area (Å²) < 4.78 is 0. The van der Waals surface area contributed by atoms with E-state index in [1.165, 1.54) is 0 Å². The summed E-state index contributed by atoms with van der Waals surface area (Å²) >= 11 is 0. The molecule has 0 bridgehead atoms. The van der Waals surface area contributed by atoms with Crippen molar-refractivity contribution in [3.8, 4) is 0 Å². The fourth-order valence-electron chi connectivity index (χ4n) is 0.908. The van der Waals surface area contributed by atoms with Crippen LogP contribution >= 0.6 is 0 Å². The van der Waals surface area contributed by atoms with Crippen LogP contribution in [0.5, 0.6) is 0 Å². The molecule has 0 unspecified atom stereocenters. The monoisotopic (exact) mass is 233 g/mol. The summed E-state index contributed by atoms with van der Waals surface area (Å²) in [4.78, 5) is 41.8.